The van der Waals surface area contributed by atoms with Gasteiger partial charge in [0.2, 0.25) is 0 Å². The molecule has 2 rings (SSSR count). The number of rotatable bonds is 7. The van der Waals surface area contributed by atoms with Crippen LogP contribution in [0.3, 0.4) is 0 Å². The molecule has 23 heavy (non-hydrogen) atoms. The maximum atomic E-state index is 12.6. The minimum atomic E-state index is -1.85. The normalized spacial score (nSPS) is 24.3. The third-order valence-electron chi connectivity index (χ3n) is 4.86. The topological polar surface area (TPSA) is 38.8 Å². The van der Waals surface area contributed by atoms with Crippen LogP contribution in [0.5, 0.6) is 0 Å². The van der Waals surface area contributed by atoms with Gasteiger partial charge in [-0.3, -0.25) is 4.21 Å². The van der Waals surface area contributed by atoms with Crippen LogP contribution in [0, 0.1) is 0 Å². The minimum Gasteiger partial charge on any atom is -0.411 e. The molecule has 1 aromatic rings. The van der Waals surface area contributed by atoms with Crippen molar-refractivity contribution in [3.8, 4) is 0 Å². The van der Waals surface area contributed by atoms with E-state index in [1.54, 1.807) is 0 Å². The molecule has 1 aliphatic rings. The second kappa shape index (κ2) is 7.17. The number of hydrogen-bond donors (Lipinski definition) is 0. The molecule has 1 unspecified atom stereocenters. The van der Waals surface area contributed by atoms with Crippen LogP contribution < -0.4 is 0 Å². The number of ether oxygens (including phenoxy) is 1. The Kier molecular flexibility index (Phi) is 5.88. The molecule has 0 amide bonds. The Morgan fingerprint density at radius 2 is 1.87 bits per heavy atom. The van der Waals surface area contributed by atoms with Gasteiger partial charge in [0.25, 0.3) is 0 Å². The zero-order valence-corrected chi connectivity index (χ0v) is 17.0. The van der Waals surface area contributed by atoms with E-state index in [1.165, 1.54) is 0 Å². The lowest BCUT2D eigenvalue weighted by Crippen LogP contribution is -2.45. The van der Waals surface area contributed by atoms with Gasteiger partial charge in [0.15, 0.2) is 13.8 Å². The van der Waals surface area contributed by atoms with Crippen LogP contribution in [-0.4, -0.2) is 30.2 Å². The largest absolute Gasteiger partial charge is 0.411 e. The van der Waals surface area contributed by atoms with E-state index in [2.05, 4.69) is 40.8 Å². The average Bonchev–Trinajstić information content (AvgIpc) is 3.26. The first-order valence-corrected chi connectivity index (χ1v) is 12.6. The third kappa shape index (κ3) is 4.53. The highest BCUT2D eigenvalue weighted by atomic mass is 32.2. The molecular weight excluding hydrogens is 324 g/mol. The van der Waals surface area contributed by atoms with Crippen LogP contribution >= 0.6 is 0 Å². The summed E-state index contributed by atoms with van der Waals surface area (Å²) in [7, 11) is -2.97. The van der Waals surface area contributed by atoms with Gasteiger partial charge in [-0.05, 0) is 36.7 Å². The predicted octanol–water partition coefficient (Wildman–Crippen LogP) is 4.71. The second-order valence-electron chi connectivity index (χ2n) is 7.78. The molecule has 1 saturated heterocycles. The van der Waals surface area contributed by atoms with Crippen LogP contribution in [0.4, 0.5) is 0 Å². The molecule has 1 fully saturated rings. The maximum absolute atomic E-state index is 12.6. The Balaban J connectivity index is 2.05. The number of epoxide rings is 1. The fourth-order valence-corrected chi connectivity index (χ4v) is 5.07. The van der Waals surface area contributed by atoms with Gasteiger partial charge in [0, 0.05) is 4.90 Å². The van der Waals surface area contributed by atoms with E-state index in [9.17, 15) is 4.21 Å². The van der Waals surface area contributed by atoms with Crippen LogP contribution in [0.15, 0.2) is 35.2 Å². The van der Waals surface area contributed by atoms with Gasteiger partial charge >= 0.3 is 0 Å². The molecular formula is C18H30O3SSi. The summed E-state index contributed by atoms with van der Waals surface area (Å²) in [6.45, 7) is 13.4. The lowest BCUT2D eigenvalue weighted by atomic mass is 10.1. The van der Waals surface area contributed by atoms with Gasteiger partial charge < -0.3 is 9.16 Å². The van der Waals surface area contributed by atoms with Crippen molar-refractivity contribution in [3.05, 3.63) is 30.3 Å². The van der Waals surface area contributed by atoms with Crippen LogP contribution in [0.1, 0.15) is 40.5 Å². The number of benzene rings is 1. The fraction of sp³-hybridized carbons (Fsp3) is 0.667. The maximum Gasteiger partial charge on any atom is 0.192 e. The van der Waals surface area contributed by atoms with E-state index < -0.39 is 19.1 Å². The molecule has 0 spiro atoms. The van der Waals surface area contributed by atoms with Crippen molar-refractivity contribution >= 4 is 19.1 Å². The van der Waals surface area contributed by atoms with Gasteiger partial charge in [-0.2, -0.15) is 0 Å². The molecule has 3 nitrogen and oxygen atoms in total. The summed E-state index contributed by atoms with van der Waals surface area (Å²) in [5.41, 5.74) is -0.223. The predicted molar refractivity (Wildman–Crippen MR) is 98.5 cm³/mol. The minimum absolute atomic E-state index is 0.0369. The van der Waals surface area contributed by atoms with E-state index in [1.807, 2.05) is 30.3 Å². The zero-order valence-electron chi connectivity index (χ0n) is 15.2. The van der Waals surface area contributed by atoms with E-state index >= 15 is 0 Å². The van der Waals surface area contributed by atoms with Crippen molar-refractivity contribution in [1.29, 1.82) is 0 Å². The Morgan fingerprint density at radius 1 is 1.26 bits per heavy atom. The van der Waals surface area contributed by atoms with E-state index in [0.29, 0.717) is 0 Å². The fourth-order valence-electron chi connectivity index (χ4n) is 2.36. The van der Waals surface area contributed by atoms with E-state index in [4.69, 9.17) is 9.16 Å². The Hall–Kier alpha value is -0.493. The molecule has 1 heterocycles. The van der Waals surface area contributed by atoms with Crippen molar-refractivity contribution < 1.29 is 13.4 Å². The second-order valence-corrected chi connectivity index (χ2v) is 14.1. The average molecular weight is 355 g/mol. The Morgan fingerprint density at radius 3 is 2.39 bits per heavy atom. The monoisotopic (exact) mass is 354 g/mol. The summed E-state index contributed by atoms with van der Waals surface area (Å²) in [6.07, 6.45) is 2.02. The summed E-state index contributed by atoms with van der Waals surface area (Å²) in [4.78, 5) is 0.836. The van der Waals surface area contributed by atoms with Gasteiger partial charge in [0.05, 0.1) is 16.9 Å². The van der Waals surface area contributed by atoms with Gasteiger partial charge in [-0.15, -0.1) is 0 Å². The summed E-state index contributed by atoms with van der Waals surface area (Å²) in [6, 6.07) is 9.57. The highest BCUT2D eigenvalue weighted by Gasteiger charge is 2.52. The highest BCUT2D eigenvalue weighted by molar-refractivity contribution is 7.85. The molecule has 0 aromatic heterocycles. The number of hydrogen-bond acceptors (Lipinski definition) is 3. The lowest BCUT2D eigenvalue weighted by molar-refractivity contribution is 0.133. The lowest BCUT2D eigenvalue weighted by Gasteiger charge is -2.39. The van der Waals surface area contributed by atoms with E-state index in [0.717, 1.165) is 17.7 Å². The first-order valence-electron chi connectivity index (χ1n) is 8.46. The molecule has 4 atom stereocenters. The van der Waals surface area contributed by atoms with Crippen LogP contribution in [0.25, 0.3) is 0 Å². The van der Waals surface area contributed by atoms with Crippen molar-refractivity contribution in [2.24, 2.45) is 0 Å². The molecule has 0 saturated carbocycles. The molecule has 5 heteroatoms. The van der Waals surface area contributed by atoms with E-state index in [-0.39, 0.29) is 22.7 Å². The Bertz CT molecular complexity index is 539. The summed E-state index contributed by atoms with van der Waals surface area (Å²) in [5.74, 6) is 0. The third-order valence-corrected chi connectivity index (χ3v) is 10.9. The molecule has 0 bridgehead atoms. The van der Waals surface area contributed by atoms with Crippen LogP contribution in [0.2, 0.25) is 18.1 Å². The van der Waals surface area contributed by atoms with Crippen molar-refractivity contribution in [2.75, 3.05) is 0 Å². The van der Waals surface area contributed by atoms with Crippen molar-refractivity contribution in [1.82, 2.24) is 0 Å². The van der Waals surface area contributed by atoms with Crippen molar-refractivity contribution in [2.45, 2.75) is 81.2 Å². The first-order chi connectivity index (χ1) is 10.7. The van der Waals surface area contributed by atoms with Gasteiger partial charge in [0.1, 0.15) is 6.10 Å². The SMILES string of the molecule is CCC[C@H](O[Si](C)(C)C(C)(C)C)[C@@H]1O[C@H]1S(=O)c1ccccc1. The molecule has 0 radical (unpaired) electrons. The molecule has 0 aliphatic carbocycles. The van der Waals surface area contributed by atoms with Crippen molar-refractivity contribution in [3.63, 3.8) is 0 Å². The molecule has 130 valence electrons. The zero-order chi connectivity index (χ0) is 17.3. The quantitative estimate of drug-likeness (QED) is 0.526. The first kappa shape index (κ1) is 18.8. The summed E-state index contributed by atoms with van der Waals surface area (Å²) < 4.78 is 25.0. The summed E-state index contributed by atoms with van der Waals surface area (Å²) in [5, 5.41) is 0.169. The summed E-state index contributed by atoms with van der Waals surface area (Å²) >= 11 is 0. The Labute approximate surface area is 144 Å². The smallest absolute Gasteiger partial charge is 0.192 e. The van der Waals surface area contributed by atoms with Gasteiger partial charge in [-0.1, -0.05) is 52.3 Å². The highest BCUT2D eigenvalue weighted by Crippen LogP contribution is 2.41. The standard InChI is InChI=1S/C18H30O3SSi/c1-7-11-15(21-23(5,6)18(2,3)4)16-17(20-16)22(19)14-12-9-8-10-13-14/h8-10,12-13,15-17H,7,11H2,1-6H3/t15-,16-,17-,22?/m0/s1. The molecule has 0 N–H and O–H groups in total. The molecule has 1 aliphatic heterocycles. The molecule has 1 aromatic carbocycles. The van der Waals surface area contributed by atoms with Gasteiger partial charge in [-0.25, -0.2) is 0 Å². The van der Waals surface area contributed by atoms with Crippen LogP contribution in [-0.2, 0) is 20.0 Å².